The quantitative estimate of drug-likeness (QED) is 0.575. The number of fused-ring (bicyclic) bond motifs is 2. The van der Waals surface area contributed by atoms with Gasteiger partial charge in [0.15, 0.2) is 5.82 Å². The van der Waals surface area contributed by atoms with Crippen LogP contribution in [0.4, 0.5) is 10.2 Å². The first-order chi connectivity index (χ1) is 18.0. The van der Waals surface area contributed by atoms with Crippen molar-refractivity contribution in [3.8, 4) is 11.5 Å². The summed E-state index contributed by atoms with van der Waals surface area (Å²) in [5, 5.41) is 11.3. The molecule has 0 spiro atoms. The normalized spacial score (nSPS) is 19.1. The molecule has 192 valence electrons. The number of nitrogens with zero attached hydrogens (tertiary/aromatic N) is 6. The average molecular weight is 504 g/mol. The number of amides is 2. The summed E-state index contributed by atoms with van der Waals surface area (Å²) in [7, 11) is 0. The molecule has 1 saturated heterocycles. The summed E-state index contributed by atoms with van der Waals surface area (Å²) in [4.78, 5) is 34.2. The van der Waals surface area contributed by atoms with Gasteiger partial charge in [-0.05, 0) is 68.0 Å². The van der Waals surface area contributed by atoms with Gasteiger partial charge in [0, 0.05) is 38.6 Å². The predicted molar refractivity (Wildman–Crippen MR) is 135 cm³/mol. The van der Waals surface area contributed by atoms with Crippen molar-refractivity contribution < 1.29 is 14.0 Å². The van der Waals surface area contributed by atoms with Crippen molar-refractivity contribution in [1.29, 1.82) is 0 Å². The number of aryl methyl sites for hydroxylation is 1. The van der Waals surface area contributed by atoms with E-state index in [4.69, 9.17) is 0 Å². The predicted octanol–water partition coefficient (Wildman–Crippen LogP) is 3.22. The van der Waals surface area contributed by atoms with Crippen LogP contribution in [0, 0.1) is 5.82 Å². The zero-order valence-electron chi connectivity index (χ0n) is 20.9. The minimum absolute atomic E-state index is 0.0318. The van der Waals surface area contributed by atoms with Crippen molar-refractivity contribution in [2.75, 3.05) is 31.5 Å². The molecule has 3 aliphatic rings. The number of rotatable bonds is 5. The van der Waals surface area contributed by atoms with Crippen LogP contribution >= 0.6 is 0 Å². The molecule has 9 nitrogen and oxygen atoms in total. The van der Waals surface area contributed by atoms with Crippen LogP contribution in [0.25, 0.3) is 11.5 Å². The molecule has 6 rings (SSSR count). The lowest BCUT2D eigenvalue weighted by atomic mass is 9.96. The van der Waals surface area contributed by atoms with Gasteiger partial charge in [-0.2, -0.15) is 0 Å². The number of carbonyl (C=O) groups is 2. The third-order valence-electron chi connectivity index (χ3n) is 7.66. The van der Waals surface area contributed by atoms with Crippen LogP contribution in [0.3, 0.4) is 0 Å². The van der Waals surface area contributed by atoms with Gasteiger partial charge in [0.05, 0.1) is 12.1 Å². The summed E-state index contributed by atoms with van der Waals surface area (Å²) in [6.07, 6.45) is 4.66. The van der Waals surface area contributed by atoms with E-state index in [2.05, 4.69) is 36.9 Å². The molecule has 10 heteroatoms. The van der Waals surface area contributed by atoms with Gasteiger partial charge in [-0.3, -0.25) is 14.5 Å². The first-order valence-corrected chi connectivity index (χ1v) is 13.0. The second kappa shape index (κ2) is 9.66. The Bertz CT molecular complexity index is 1360. The minimum Gasteiger partial charge on any atom is -0.342 e. The summed E-state index contributed by atoms with van der Waals surface area (Å²) in [6, 6.07) is 8.65. The molecule has 1 aromatic carbocycles. The van der Waals surface area contributed by atoms with Crippen molar-refractivity contribution in [2.45, 2.75) is 51.6 Å². The minimum atomic E-state index is -0.560. The summed E-state index contributed by atoms with van der Waals surface area (Å²) in [5.74, 6) is 0.944. The Morgan fingerprint density at radius 2 is 1.92 bits per heavy atom. The zero-order chi connectivity index (χ0) is 25.5. The number of carbonyl (C=O) groups excluding carboxylic acids is 2. The fourth-order valence-electron chi connectivity index (χ4n) is 5.62. The van der Waals surface area contributed by atoms with E-state index in [0.29, 0.717) is 43.4 Å². The van der Waals surface area contributed by atoms with E-state index in [1.54, 1.807) is 18.2 Å². The molecule has 1 atom stereocenters. The third kappa shape index (κ3) is 4.61. The number of likely N-dealkylation sites (tertiary alicyclic amines) is 1. The number of benzene rings is 1. The SMILES string of the molecule is C[C@H]1CCc2nnc(-c3cccc(NC(=O)c4cc5c(cc4F)CCN(CC(=O)N4CCCC4)C5)n3)n21. The second-order valence-electron chi connectivity index (χ2n) is 10.2. The molecule has 2 amide bonds. The molecule has 0 aliphatic carbocycles. The largest absolute Gasteiger partial charge is 0.342 e. The number of anilines is 1. The molecule has 1 fully saturated rings. The van der Waals surface area contributed by atoms with E-state index >= 15 is 0 Å². The number of hydrogen-bond donors (Lipinski definition) is 1. The molecule has 5 heterocycles. The Morgan fingerprint density at radius 1 is 1.08 bits per heavy atom. The number of aromatic nitrogens is 4. The summed E-state index contributed by atoms with van der Waals surface area (Å²) in [6.45, 7) is 5.33. The zero-order valence-corrected chi connectivity index (χ0v) is 20.9. The van der Waals surface area contributed by atoms with Crippen LogP contribution in [-0.2, 0) is 24.2 Å². The molecule has 0 saturated carbocycles. The molecule has 3 aliphatic heterocycles. The number of hydrogen-bond acceptors (Lipinski definition) is 6. The lowest BCUT2D eigenvalue weighted by Crippen LogP contribution is -2.41. The molecule has 2 aromatic heterocycles. The first-order valence-electron chi connectivity index (χ1n) is 13.0. The van der Waals surface area contributed by atoms with Gasteiger partial charge in [0.1, 0.15) is 23.2 Å². The summed E-state index contributed by atoms with van der Waals surface area (Å²) >= 11 is 0. The maximum absolute atomic E-state index is 15.0. The lowest BCUT2D eigenvalue weighted by Gasteiger charge is -2.30. The number of pyridine rings is 1. The lowest BCUT2D eigenvalue weighted by molar-refractivity contribution is -0.131. The van der Waals surface area contributed by atoms with Gasteiger partial charge in [-0.1, -0.05) is 6.07 Å². The fourth-order valence-corrected chi connectivity index (χ4v) is 5.62. The summed E-state index contributed by atoms with van der Waals surface area (Å²) < 4.78 is 17.0. The van der Waals surface area contributed by atoms with Crippen molar-refractivity contribution in [3.05, 3.63) is 58.7 Å². The van der Waals surface area contributed by atoms with Crippen molar-refractivity contribution >= 4 is 17.6 Å². The van der Waals surface area contributed by atoms with E-state index in [0.717, 1.165) is 55.7 Å². The van der Waals surface area contributed by atoms with Crippen molar-refractivity contribution in [3.63, 3.8) is 0 Å². The molecular weight excluding hydrogens is 473 g/mol. The van der Waals surface area contributed by atoms with E-state index < -0.39 is 11.7 Å². The average Bonchev–Trinajstić information content (AvgIpc) is 3.64. The van der Waals surface area contributed by atoms with E-state index in [9.17, 15) is 14.0 Å². The standard InChI is InChI=1S/C27H30FN7O2/c1-17-7-8-24-31-32-26(35(17)24)22-5-4-6-23(29-22)30-27(37)20-13-19-15-33(12-9-18(19)14-21(20)28)16-25(36)34-10-2-3-11-34/h4-6,13-14,17H,2-3,7-12,15-16H2,1H3,(H,29,30,37)/t17-/m0/s1. The number of nitrogens with one attached hydrogen (secondary N) is 1. The van der Waals surface area contributed by atoms with Crippen LogP contribution in [-0.4, -0.2) is 67.5 Å². The Kier molecular flexibility index (Phi) is 6.19. The highest BCUT2D eigenvalue weighted by Crippen LogP contribution is 2.30. The van der Waals surface area contributed by atoms with Crippen molar-refractivity contribution in [2.24, 2.45) is 0 Å². The first kappa shape index (κ1) is 23.7. The van der Waals surface area contributed by atoms with Crippen LogP contribution in [0.15, 0.2) is 30.3 Å². The Hall–Kier alpha value is -3.66. The maximum Gasteiger partial charge on any atom is 0.259 e. The fraction of sp³-hybridized carbons (Fsp3) is 0.444. The Morgan fingerprint density at radius 3 is 2.76 bits per heavy atom. The molecule has 3 aromatic rings. The molecule has 1 N–H and O–H groups in total. The Balaban J connectivity index is 1.18. The topological polar surface area (TPSA) is 96.2 Å². The third-order valence-corrected chi connectivity index (χ3v) is 7.66. The van der Waals surface area contributed by atoms with Crippen LogP contribution < -0.4 is 5.32 Å². The Labute approximate surface area is 214 Å². The molecule has 0 unspecified atom stereocenters. The molecule has 37 heavy (non-hydrogen) atoms. The van der Waals surface area contributed by atoms with E-state index in [-0.39, 0.29) is 17.5 Å². The van der Waals surface area contributed by atoms with Gasteiger partial charge in [-0.15, -0.1) is 10.2 Å². The van der Waals surface area contributed by atoms with E-state index in [1.165, 1.54) is 6.07 Å². The maximum atomic E-state index is 15.0. The smallest absolute Gasteiger partial charge is 0.259 e. The van der Waals surface area contributed by atoms with Gasteiger partial charge < -0.3 is 14.8 Å². The van der Waals surface area contributed by atoms with E-state index in [1.807, 2.05) is 11.0 Å². The molecule has 0 bridgehead atoms. The summed E-state index contributed by atoms with van der Waals surface area (Å²) in [5.41, 5.74) is 2.33. The van der Waals surface area contributed by atoms with Crippen molar-refractivity contribution in [1.82, 2.24) is 29.5 Å². The highest BCUT2D eigenvalue weighted by Gasteiger charge is 2.27. The highest BCUT2D eigenvalue weighted by molar-refractivity contribution is 6.04. The van der Waals surface area contributed by atoms with Crippen LogP contribution in [0.2, 0.25) is 0 Å². The van der Waals surface area contributed by atoms with Crippen LogP contribution in [0.1, 0.15) is 59.5 Å². The van der Waals surface area contributed by atoms with Gasteiger partial charge in [-0.25, -0.2) is 9.37 Å². The van der Waals surface area contributed by atoms with Crippen LogP contribution in [0.5, 0.6) is 0 Å². The molecule has 0 radical (unpaired) electrons. The van der Waals surface area contributed by atoms with Gasteiger partial charge >= 0.3 is 0 Å². The number of halogens is 1. The second-order valence-corrected chi connectivity index (χ2v) is 10.2. The molecular formula is C27H30FN7O2. The monoisotopic (exact) mass is 503 g/mol. The van der Waals surface area contributed by atoms with Gasteiger partial charge in [0.25, 0.3) is 5.91 Å². The highest BCUT2D eigenvalue weighted by atomic mass is 19.1. The van der Waals surface area contributed by atoms with Gasteiger partial charge in [0.2, 0.25) is 5.91 Å².